The Kier molecular flexibility index (Phi) is 4.84. The van der Waals surface area contributed by atoms with Gasteiger partial charge < -0.3 is 14.5 Å². The Labute approximate surface area is 130 Å². The zero-order valence-corrected chi connectivity index (χ0v) is 13.2. The standard InChI is InChI=1S/C17H22ClNO2/c1-2-9-19-16(14-8-3-4-10-20-14)15-11-12-6-5-7-13(18)17(12)21-15/h5-7,11,14,16,19H,2-4,8-10H2,1H3. The largest absolute Gasteiger partial charge is 0.458 e. The maximum atomic E-state index is 6.22. The third kappa shape index (κ3) is 3.25. The number of benzene rings is 1. The van der Waals surface area contributed by atoms with Crippen LogP contribution < -0.4 is 5.32 Å². The molecule has 2 atom stereocenters. The fourth-order valence-corrected chi connectivity index (χ4v) is 3.16. The zero-order chi connectivity index (χ0) is 14.7. The van der Waals surface area contributed by atoms with Crippen LogP contribution >= 0.6 is 11.6 Å². The lowest BCUT2D eigenvalue weighted by Crippen LogP contribution is -2.36. The summed E-state index contributed by atoms with van der Waals surface area (Å²) in [6, 6.07) is 8.05. The summed E-state index contributed by atoms with van der Waals surface area (Å²) in [4.78, 5) is 0. The average Bonchev–Trinajstić information content (AvgIpc) is 2.94. The van der Waals surface area contributed by atoms with Crippen molar-refractivity contribution >= 4 is 22.6 Å². The number of hydrogen-bond acceptors (Lipinski definition) is 3. The molecule has 1 aromatic carbocycles. The molecule has 3 nitrogen and oxygen atoms in total. The minimum absolute atomic E-state index is 0.105. The van der Waals surface area contributed by atoms with Gasteiger partial charge in [-0.3, -0.25) is 0 Å². The summed E-state index contributed by atoms with van der Waals surface area (Å²) in [5, 5.41) is 5.29. The average molecular weight is 308 g/mol. The third-order valence-electron chi connectivity index (χ3n) is 4.02. The highest BCUT2D eigenvalue weighted by Gasteiger charge is 2.28. The number of hydrogen-bond donors (Lipinski definition) is 1. The van der Waals surface area contributed by atoms with Gasteiger partial charge in [0.25, 0.3) is 0 Å². The molecule has 2 heterocycles. The van der Waals surface area contributed by atoms with E-state index in [1.54, 1.807) is 0 Å². The van der Waals surface area contributed by atoms with Gasteiger partial charge in [0.05, 0.1) is 17.2 Å². The van der Waals surface area contributed by atoms with Gasteiger partial charge in [-0.15, -0.1) is 0 Å². The Morgan fingerprint density at radius 1 is 1.38 bits per heavy atom. The van der Waals surface area contributed by atoms with Crippen molar-refractivity contribution in [3.8, 4) is 0 Å². The van der Waals surface area contributed by atoms with E-state index in [1.807, 2.05) is 18.2 Å². The fourth-order valence-electron chi connectivity index (χ4n) is 2.94. The molecule has 1 fully saturated rings. The van der Waals surface area contributed by atoms with E-state index in [2.05, 4.69) is 18.3 Å². The summed E-state index contributed by atoms with van der Waals surface area (Å²) >= 11 is 6.22. The van der Waals surface area contributed by atoms with Gasteiger partial charge in [0.2, 0.25) is 0 Å². The summed E-state index contributed by atoms with van der Waals surface area (Å²) < 4.78 is 12.0. The molecular formula is C17H22ClNO2. The second-order valence-corrected chi connectivity index (χ2v) is 6.05. The maximum Gasteiger partial charge on any atom is 0.152 e. The highest BCUT2D eigenvalue weighted by atomic mass is 35.5. The lowest BCUT2D eigenvalue weighted by atomic mass is 10.00. The fraction of sp³-hybridized carbons (Fsp3) is 0.529. The van der Waals surface area contributed by atoms with Crippen LogP contribution in [0.1, 0.15) is 44.4 Å². The second kappa shape index (κ2) is 6.82. The van der Waals surface area contributed by atoms with Crippen molar-refractivity contribution in [3.63, 3.8) is 0 Å². The summed E-state index contributed by atoms with van der Waals surface area (Å²) in [6.45, 7) is 3.96. The normalized spacial score (nSPS) is 20.8. The quantitative estimate of drug-likeness (QED) is 0.869. The van der Waals surface area contributed by atoms with Crippen LogP contribution in [0.3, 0.4) is 0 Å². The molecule has 1 aliphatic heterocycles. The van der Waals surface area contributed by atoms with E-state index in [1.165, 1.54) is 6.42 Å². The maximum absolute atomic E-state index is 6.22. The first-order valence-electron chi connectivity index (χ1n) is 7.82. The van der Waals surface area contributed by atoms with E-state index < -0.39 is 0 Å². The van der Waals surface area contributed by atoms with Gasteiger partial charge >= 0.3 is 0 Å². The van der Waals surface area contributed by atoms with E-state index in [4.69, 9.17) is 20.8 Å². The molecule has 1 aromatic heterocycles. The van der Waals surface area contributed by atoms with Gasteiger partial charge in [0, 0.05) is 12.0 Å². The number of nitrogens with one attached hydrogen (secondary N) is 1. The van der Waals surface area contributed by atoms with Crippen LogP contribution in [-0.2, 0) is 4.74 Å². The molecule has 114 valence electrons. The van der Waals surface area contributed by atoms with Crippen LogP contribution in [-0.4, -0.2) is 19.3 Å². The van der Waals surface area contributed by atoms with Gasteiger partial charge in [-0.2, -0.15) is 0 Å². The van der Waals surface area contributed by atoms with Gasteiger partial charge in [0.1, 0.15) is 5.76 Å². The van der Waals surface area contributed by atoms with Gasteiger partial charge in [-0.05, 0) is 44.4 Å². The molecule has 4 heteroatoms. The molecule has 0 aliphatic carbocycles. The molecule has 0 bridgehead atoms. The van der Waals surface area contributed by atoms with Crippen molar-refractivity contribution in [1.82, 2.24) is 5.32 Å². The van der Waals surface area contributed by atoms with Gasteiger partial charge in [0.15, 0.2) is 5.58 Å². The molecule has 2 aromatic rings. The Bertz CT molecular complexity index is 589. The predicted octanol–water partition coefficient (Wildman–Crippen LogP) is 4.70. The minimum Gasteiger partial charge on any atom is -0.458 e. The van der Waals surface area contributed by atoms with Crippen LogP contribution in [0.25, 0.3) is 11.0 Å². The van der Waals surface area contributed by atoms with Crippen molar-refractivity contribution in [1.29, 1.82) is 0 Å². The molecule has 2 unspecified atom stereocenters. The summed E-state index contributed by atoms with van der Waals surface area (Å²) in [5.41, 5.74) is 0.772. The van der Waals surface area contributed by atoms with Gasteiger partial charge in [-0.25, -0.2) is 0 Å². The first kappa shape index (κ1) is 14.9. The highest BCUT2D eigenvalue weighted by Crippen LogP contribution is 2.33. The number of ether oxygens (including phenoxy) is 1. The Hall–Kier alpha value is -1.03. The van der Waals surface area contributed by atoms with E-state index in [9.17, 15) is 0 Å². The molecule has 0 amide bonds. The highest BCUT2D eigenvalue weighted by molar-refractivity contribution is 6.34. The minimum atomic E-state index is 0.105. The van der Waals surface area contributed by atoms with E-state index in [0.717, 1.165) is 49.1 Å². The molecular weight excluding hydrogens is 286 g/mol. The zero-order valence-electron chi connectivity index (χ0n) is 12.4. The van der Waals surface area contributed by atoms with Crippen LogP contribution in [0.4, 0.5) is 0 Å². The Balaban J connectivity index is 1.90. The molecule has 1 saturated heterocycles. The molecule has 0 saturated carbocycles. The van der Waals surface area contributed by atoms with Crippen molar-refractivity contribution < 1.29 is 9.15 Å². The van der Waals surface area contributed by atoms with Crippen molar-refractivity contribution in [2.45, 2.75) is 44.8 Å². The summed E-state index contributed by atoms with van der Waals surface area (Å²) in [6.07, 6.45) is 4.72. The van der Waals surface area contributed by atoms with Gasteiger partial charge in [-0.1, -0.05) is 30.7 Å². The van der Waals surface area contributed by atoms with E-state index >= 15 is 0 Å². The molecule has 1 N–H and O–H groups in total. The van der Waals surface area contributed by atoms with Crippen LogP contribution in [0, 0.1) is 0 Å². The molecule has 1 aliphatic rings. The molecule has 0 radical (unpaired) electrons. The number of rotatable bonds is 5. The van der Waals surface area contributed by atoms with Crippen LogP contribution in [0.5, 0.6) is 0 Å². The number of fused-ring (bicyclic) bond motifs is 1. The number of halogens is 1. The SMILES string of the molecule is CCCNC(c1cc2cccc(Cl)c2o1)C1CCCCO1. The van der Waals surface area contributed by atoms with Crippen molar-refractivity contribution in [2.24, 2.45) is 0 Å². The summed E-state index contributed by atoms with van der Waals surface area (Å²) in [7, 11) is 0. The molecule has 0 spiro atoms. The van der Waals surface area contributed by atoms with Crippen molar-refractivity contribution in [2.75, 3.05) is 13.2 Å². The molecule has 21 heavy (non-hydrogen) atoms. The second-order valence-electron chi connectivity index (χ2n) is 5.64. The predicted molar refractivity (Wildman–Crippen MR) is 85.8 cm³/mol. The van der Waals surface area contributed by atoms with Crippen LogP contribution in [0.2, 0.25) is 5.02 Å². The first-order chi connectivity index (χ1) is 10.3. The molecule has 3 rings (SSSR count). The van der Waals surface area contributed by atoms with E-state index in [-0.39, 0.29) is 12.1 Å². The number of furan rings is 1. The van der Waals surface area contributed by atoms with E-state index in [0.29, 0.717) is 5.02 Å². The van der Waals surface area contributed by atoms with Crippen LogP contribution in [0.15, 0.2) is 28.7 Å². The third-order valence-corrected chi connectivity index (χ3v) is 4.32. The monoisotopic (exact) mass is 307 g/mol. The first-order valence-corrected chi connectivity index (χ1v) is 8.20. The number of para-hydroxylation sites is 1. The Morgan fingerprint density at radius 2 is 2.29 bits per heavy atom. The lowest BCUT2D eigenvalue weighted by Gasteiger charge is -2.30. The van der Waals surface area contributed by atoms with Crippen molar-refractivity contribution in [3.05, 3.63) is 35.0 Å². The Morgan fingerprint density at radius 3 is 3.00 bits per heavy atom. The topological polar surface area (TPSA) is 34.4 Å². The lowest BCUT2D eigenvalue weighted by molar-refractivity contribution is -0.0122. The summed E-state index contributed by atoms with van der Waals surface area (Å²) in [5.74, 6) is 0.929. The smallest absolute Gasteiger partial charge is 0.152 e.